The van der Waals surface area contributed by atoms with Crippen molar-refractivity contribution in [3.63, 3.8) is 0 Å². The Kier molecular flexibility index (Phi) is 6.20. The molecule has 1 N–H and O–H groups in total. The molecule has 2 aliphatic rings. The number of nitrogens with zero attached hydrogens (tertiary/aromatic N) is 5. The molecule has 0 bridgehead atoms. The molecular weight excluding hydrogens is 368 g/mol. The third kappa shape index (κ3) is 4.64. The van der Waals surface area contributed by atoms with Crippen molar-refractivity contribution in [2.75, 3.05) is 57.4 Å². The van der Waals surface area contributed by atoms with Gasteiger partial charge >= 0.3 is 0 Å². The number of fused-ring (bicyclic) bond motifs is 1. The highest BCUT2D eigenvalue weighted by Crippen LogP contribution is 2.29. The smallest absolute Gasteiger partial charge is 0.289 e. The number of hydrogen-bond acceptors (Lipinski definition) is 7. The topological polar surface area (TPSA) is 83.5 Å². The summed E-state index contributed by atoms with van der Waals surface area (Å²) in [6.45, 7) is 11.0. The van der Waals surface area contributed by atoms with E-state index in [-0.39, 0.29) is 11.7 Å². The highest BCUT2D eigenvalue weighted by Gasteiger charge is 2.22. The van der Waals surface area contributed by atoms with Crippen molar-refractivity contribution in [3.05, 3.63) is 23.1 Å². The van der Waals surface area contributed by atoms with Gasteiger partial charge < -0.3 is 15.0 Å². The van der Waals surface area contributed by atoms with E-state index >= 15 is 0 Å². The maximum Gasteiger partial charge on any atom is 0.289 e. The molecule has 2 fully saturated rings. The fourth-order valence-corrected chi connectivity index (χ4v) is 4.12. The molecule has 2 aromatic rings. The summed E-state index contributed by atoms with van der Waals surface area (Å²) in [5.41, 5.74) is 2.61. The first-order valence-electron chi connectivity index (χ1n) is 10.6. The Bertz CT molecular complexity index is 875. The highest BCUT2D eigenvalue weighted by molar-refractivity contribution is 5.96. The van der Waals surface area contributed by atoms with Crippen molar-refractivity contribution < 1.29 is 9.53 Å². The van der Waals surface area contributed by atoms with Crippen LogP contribution in [0.5, 0.6) is 0 Å². The molecule has 29 heavy (non-hydrogen) atoms. The van der Waals surface area contributed by atoms with Gasteiger partial charge in [-0.15, -0.1) is 0 Å². The monoisotopic (exact) mass is 398 g/mol. The second-order valence-electron chi connectivity index (χ2n) is 7.91. The number of nitrogens with one attached hydrogen (secondary N) is 1. The number of aryl methyl sites for hydroxylation is 2. The number of carbonyl (C=O) groups excluding carboxylic acids is 1. The third-order valence-corrected chi connectivity index (χ3v) is 5.62. The zero-order valence-corrected chi connectivity index (χ0v) is 17.4. The zero-order chi connectivity index (χ0) is 20.2. The summed E-state index contributed by atoms with van der Waals surface area (Å²) in [7, 11) is 0. The van der Waals surface area contributed by atoms with E-state index in [0.29, 0.717) is 12.2 Å². The first kappa shape index (κ1) is 20.0. The number of ether oxygens (including phenoxy) is 1. The van der Waals surface area contributed by atoms with Crippen LogP contribution in [0.15, 0.2) is 6.07 Å². The van der Waals surface area contributed by atoms with Crippen molar-refractivity contribution in [3.8, 4) is 0 Å². The Labute approximate surface area is 171 Å². The Morgan fingerprint density at radius 1 is 1.10 bits per heavy atom. The summed E-state index contributed by atoms with van der Waals surface area (Å²) in [6.07, 6.45) is 3.19. The minimum Gasteiger partial charge on any atom is -0.379 e. The fraction of sp³-hybridized carbons (Fsp3) is 0.619. The normalized spacial score (nSPS) is 17.8. The van der Waals surface area contributed by atoms with Gasteiger partial charge in [0.1, 0.15) is 5.82 Å². The van der Waals surface area contributed by atoms with Gasteiger partial charge in [0.05, 0.1) is 18.6 Å². The number of aromatic nitrogens is 3. The quantitative estimate of drug-likeness (QED) is 0.742. The van der Waals surface area contributed by atoms with Gasteiger partial charge in [-0.05, 0) is 51.3 Å². The summed E-state index contributed by atoms with van der Waals surface area (Å²) in [5.74, 6) is 0.828. The van der Waals surface area contributed by atoms with Crippen molar-refractivity contribution in [1.82, 2.24) is 25.2 Å². The first-order valence-corrected chi connectivity index (χ1v) is 10.6. The van der Waals surface area contributed by atoms with Crippen LogP contribution in [0, 0.1) is 13.8 Å². The van der Waals surface area contributed by atoms with Gasteiger partial charge in [0.2, 0.25) is 5.82 Å². The molecule has 2 aliphatic heterocycles. The van der Waals surface area contributed by atoms with Crippen LogP contribution in [0.25, 0.3) is 11.0 Å². The number of hydrogen-bond donors (Lipinski definition) is 1. The Morgan fingerprint density at radius 3 is 2.62 bits per heavy atom. The van der Waals surface area contributed by atoms with E-state index in [9.17, 15) is 4.79 Å². The SMILES string of the molecule is Cc1cc(C)c2c(N3CCCC3)nc(C(=O)NCCCN3CCOCC3)nc2n1. The molecule has 0 saturated carbocycles. The average molecular weight is 399 g/mol. The summed E-state index contributed by atoms with van der Waals surface area (Å²) < 4.78 is 5.37. The molecule has 8 heteroatoms. The summed E-state index contributed by atoms with van der Waals surface area (Å²) in [4.78, 5) is 31.2. The summed E-state index contributed by atoms with van der Waals surface area (Å²) in [5, 5.41) is 3.94. The molecule has 0 unspecified atom stereocenters. The van der Waals surface area contributed by atoms with Gasteiger partial charge in [-0.3, -0.25) is 9.69 Å². The molecular formula is C21H30N6O2. The van der Waals surface area contributed by atoms with Crippen molar-refractivity contribution in [2.45, 2.75) is 33.1 Å². The highest BCUT2D eigenvalue weighted by atomic mass is 16.5. The second-order valence-corrected chi connectivity index (χ2v) is 7.91. The van der Waals surface area contributed by atoms with Crippen LogP contribution in [-0.2, 0) is 4.74 Å². The van der Waals surface area contributed by atoms with Gasteiger partial charge in [0.25, 0.3) is 5.91 Å². The lowest BCUT2D eigenvalue weighted by molar-refractivity contribution is 0.0374. The van der Waals surface area contributed by atoms with Crippen LogP contribution in [0.3, 0.4) is 0 Å². The summed E-state index contributed by atoms with van der Waals surface area (Å²) >= 11 is 0. The lowest BCUT2D eigenvalue weighted by Crippen LogP contribution is -2.38. The maximum absolute atomic E-state index is 12.8. The standard InChI is InChI=1S/C21H30N6O2/c1-15-14-16(2)23-18-17(15)20(27-8-3-4-9-27)25-19(24-18)21(28)22-6-5-7-26-10-12-29-13-11-26/h14H,3-13H2,1-2H3,(H,22,28). The molecule has 4 rings (SSSR count). The maximum atomic E-state index is 12.8. The Balaban J connectivity index is 1.49. The van der Waals surface area contributed by atoms with Crippen molar-refractivity contribution in [2.24, 2.45) is 0 Å². The van der Waals surface area contributed by atoms with E-state index in [1.54, 1.807) is 0 Å². The molecule has 0 aliphatic carbocycles. The van der Waals surface area contributed by atoms with Crippen LogP contribution < -0.4 is 10.2 Å². The van der Waals surface area contributed by atoms with Gasteiger partial charge in [0, 0.05) is 38.4 Å². The molecule has 0 atom stereocenters. The lowest BCUT2D eigenvalue weighted by Gasteiger charge is -2.26. The number of anilines is 1. The molecule has 8 nitrogen and oxygen atoms in total. The molecule has 0 spiro atoms. The van der Waals surface area contributed by atoms with Crippen LogP contribution in [0.4, 0.5) is 5.82 Å². The Morgan fingerprint density at radius 2 is 1.86 bits per heavy atom. The summed E-state index contributed by atoms with van der Waals surface area (Å²) in [6, 6.07) is 2.05. The van der Waals surface area contributed by atoms with Gasteiger partial charge in [0.15, 0.2) is 5.65 Å². The minimum absolute atomic E-state index is 0.211. The third-order valence-electron chi connectivity index (χ3n) is 5.62. The van der Waals surface area contributed by atoms with Crippen LogP contribution in [0.1, 0.15) is 41.1 Å². The fourth-order valence-electron chi connectivity index (χ4n) is 4.12. The van der Waals surface area contributed by atoms with E-state index in [1.807, 2.05) is 6.92 Å². The molecule has 4 heterocycles. The van der Waals surface area contributed by atoms with Crippen molar-refractivity contribution >= 4 is 22.8 Å². The van der Waals surface area contributed by atoms with E-state index < -0.39 is 0 Å². The second kappa shape index (κ2) is 9.00. The van der Waals surface area contributed by atoms with Gasteiger partial charge in [-0.2, -0.15) is 0 Å². The molecule has 2 saturated heterocycles. The number of rotatable bonds is 6. The number of carbonyl (C=O) groups is 1. The first-order chi connectivity index (χ1) is 14.1. The zero-order valence-electron chi connectivity index (χ0n) is 17.4. The van der Waals surface area contributed by atoms with Gasteiger partial charge in [-0.1, -0.05) is 0 Å². The van der Waals surface area contributed by atoms with E-state index in [0.717, 1.165) is 87.7 Å². The predicted octanol–water partition coefficient (Wildman–Crippen LogP) is 1.69. The largest absolute Gasteiger partial charge is 0.379 e. The molecule has 2 aromatic heterocycles. The molecule has 1 amide bonds. The molecule has 0 aromatic carbocycles. The molecule has 156 valence electrons. The number of pyridine rings is 1. The van der Waals surface area contributed by atoms with Crippen LogP contribution in [-0.4, -0.2) is 78.2 Å². The van der Waals surface area contributed by atoms with Crippen molar-refractivity contribution in [1.29, 1.82) is 0 Å². The van der Waals surface area contributed by atoms with Crippen LogP contribution >= 0.6 is 0 Å². The number of amides is 1. The molecule has 0 radical (unpaired) electrons. The van der Waals surface area contributed by atoms with E-state index in [4.69, 9.17) is 4.74 Å². The lowest BCUT2D eigenvalue weighted by atomic mass is 10.1. The minimum atomic E-state index is -0.227. The average Bonchev–Trinajstić information content (AvgIpc) is 3.25. The Hall–Kier alpha value is -2.32. The predicted molar refractivity (Wildman–Crippen MR) is 112 cm³/mol. The van der Waals surface area contributed by atoms with E-state index in [1.165, 1.54) is 0 Å². The number of morpholine rings is 1. The van der Waals surface area contributed by atoms with Gasteiger partial charge in [-0.25, -0.2) is 15.0 Å². The van der Waals surface area contributed by atoms with Crippen LogP contribution in [0.2, 0.25) is 0 Å². The van der Waals surface area contributed by atoms with E-state index in [2.05, 4.69) is 43.1 Å².